The van der Waals surface area contributed by atoms with Crippen LogP contribution in [0.15, 0.2) is 43.0 Å². The maximum absolute atomic E-state index is 4.10. The summed E-state index contributed by atoms with van der Waals surface area (Å²) >= 11 is 0. The van der Waals surface area contributed by atoms with E-state index < -0.39 is 0 Å². The average Bonchev–Trinajstić information content (AvgIpc) is 2.96. The number of hydrogen-bond donors (Lipinski definition) is 1. The van der Waals surface area contributed by atoms with Crippen LogP contribution in [0.3, 0.4) is 0 Å². The molecule has 2 aromatic rings. The normalized spacial score (nSPS) is 25.7. The highest BCUT2D eigenvalue weighted by Gasteiger charge is 2.24. The molecule has 1 heterocycles. The summed E-state index contributed by atoms with van der Waals surface area (Å²) in [6.07, 6.45) is 9.61. The standard InChI is InChI=1S/C18H25N3/c1-14-6-7-18(10-15(14)2)20-17-5-3-4-16(11-17)12-21-9-8-19-13-21/h3-5,8-9,11,13-15,18,20H,6-7,10,12H2,1-2H3. The summed E-state index contributed by atoms with van der Waals surface area (Å²) in [7, 11) is 0. The Bertz CT molecular complexity index is 562. The van der Waals surface area contributed by atoms with Crippen LogP contribution in [0, 0.1) is 11.8 Å². The molecule has 1 N–H and O–H groups in total. The van der Waals surface area contributed by atoms with Crippen molar-refractivity contribution in [2.45, 2.75) is 45.7 Å². The molecular formula is C18H25N3. The lowest BCUT2D eigenvalue weighted by Crippen LogP contribution is -2.30. The zero-order valence-electron chi connectivity index (χ0n) is 13.0. The summed E-state index contributed by atoms with van der Waals surface area (Å²) in [6, 6.07) is 9.39. The van der Waals surface area contributed by atoms with Crippen LogP contribution in [0.5, 0.6) is 0 Å². The lowest BCUT2D eigenvalue weighted by atomic mass is 9.79. The van der Waals surface area contributed by atoms with Gasteiger partial charge in [0.15, 0.2) is 0 Å². The molecule has 3 unspecified atom stereocenters. The summed E-state index contributed by atoms with van der Waals surface area (Å²) in [5.41, 5.74) is 2.56. The van der Waals surface area contributed by atoms with Gasteiger partial charge in [-0.05, 0) is 48.8 Å². The lowest BCUT2D eigenvalue weighted by molar-refractivity contribution is 0.261. The molecule has 0 radical (unpaired) electrons. The number of rotatable bonds is 4. The smallest absolute Gasteiger partial charge is 0.0949 e. The van der Waals surface area contributed by atoms with Crippen molar-refractivity contribution >= 4 is 5.69 Å². The van der Waals surface area contributed by atoms with E-state index in [9.17, 15) is 0 Å². The molecule has 112 valence electrons. The Kier molecular flexibility index (Phi) is 4.28. The molecule has 3 rings (SSSR count). The first-order chi connectivity index (χ1) is 10.2. The van der Waals surface area contributed by atoms with E-state index in [0.717, 1.165) is 18.4 Å². The Hall–Kier alpha value is -1.77. The fourth-order valence-corrected chi connectivity index (χ4v) is 3.26. The summed E-state index contributed by atoms with van der Waals surface area (Å²) in [5, 5.41) is 3.73. The van der Waals surface area contributed by atoms with E-state index in [-0.39, 0.29) is 0 Å². The Balaban J connectivity index is 1.63. The molecular weight excluding hydrogens is 258 g/mol. The van der Waals surface area contributed by atoms with E-state index in [4.69, 9.17) is 0 Å². The molecule has 1 saturated carbocycles. The first-order valence-electron chi connectivity index (χ1n) is 8.02. The number of benzene rings is 1. The fraction of sp³-hybridized carbons (Fsp3) is 0.500. The van der Waals surface area contributed by atoms with E-state index in [0.29, 0.717) is 6.04 Å². The predicted molar refractivity (Wildman–Crippen MR) is 87.4 cm³/mol. The quantitative estimate of drug-likeness (QED) is 0.912. The van der Waals surface area contributed by atoms with Gasteiger partial charge in [-0.2, -0.15) is 0 Å². The van der Waals surface area contributed by atoms with Crippen molar-refractivity contribution in [1.82, 2.24) is 9.55 Å². The van der Waals surface area contributed by atoms with E-state index in [1.165, 1.54) is 30.5 Å². The second-order valence-corrected chi connectivity index (χ2v) is 6.54. The third-order valence-corrected chi connectivity index (χ3v) is 4.82. The maximum Gasteiger partial charge on any atom is 0.0949 e. The van der Waals surface area contributed by atoms with Gasteiger partial charge in [-0.3, -0.25) is 0 Å². The maximum atomic E-state index is 4.10. The van der Waals surface area contributed by atoms with Gasteiger partial charge >= 0.3 is 0 Å². The zero-order valence-corrected chi connectivity index (χ0v) is 13.0. The Morgan fingerprint density at radius 2 is 2.14 bits per heavy atom. The molecule has 0 amide bonds. The second-order valence-electron chi connectivity index (χ2n) is 6.54. The molecule has 0 bridgehead atoms. The van der Waals surface area contributed by atoms with Crippen LogP contribution in [0.25, 0.3) is 0 Å². The Morgan fingerprint density at radius 1 is 1.24 bits per heavy atom. The minimum Gasteiger partial charge on any atom is -0.382 e. The largest absolute Gasteiger partial charge is 0.382 e. The summed E-state index contributed by atoms with van der Waals surface area (Å²) in [5.74, 6) is 1.70. The highest BCUT2D eigenvalue weighted by atomic mass is 15.0. The van der Waals surface area contributed by atoms with Crippen LogP contribution in [0.2, 0.25) is 0 Å². The van der Waals surface area contributed by atoms with Crippen LogP contribution in [-0.4, -0.2) is 15.6 Å². The minimum atomic E-state index is 0.625. The summed E-state index contributed by atoms with van der Waals surface area (Å²) in [4.78, 5) is 4.10. The van der Waals surface area contributed by atoms with Gasteiger partial charge in [-0.15, -0.1) is 0 Å². The van der Waals surface area contributed by atoms with Crippen LogP contribution in [0.1, 0.15) is 38.7 Å². The van der Waals surface area contributed by atoms with Crippen LogP contribution < -0.4 is 5.32 Å². The van der Waals surface area contributed by atoms with Gasteiger partial charge in [0.05, 0.1) is 6.33 Å². The zero-order chi connectivity index (χ0) is 14.7. The van der Waals surface area contributed by atoms with Crippen LogP contribution in [0.4, 0.5) is 5.69 Å². The van der Waals surface area contributed by atoms with Crippen molar-refractivity contribution in [3.05, 3.63) is 48.5 Å². The monoisotopic (exact) mass is 283 g/mol. The predicted octanol–water partition coefficient (Wildman–Crippen LogP) is 4.17. The molecule has 1 aromatic heterocycles. The molecule has 21 heavy (non-hydrogen) atoms. The molecule has 1 aliphatic rings. The Labute approximate surface area is 127 Å². The van der Waals surface area contributed by atoms with E-state index in [1.807, 2.05) is 18.7 Å². The van der Waals surface area contributed by atoms with Gasteiger partial charge in [0.25, 0.3) is 0 Å². The first-order valence-corrected chi connectivity index (χ1v) is 8.02. The van der Waals surface area contributed by atoms with Crippen molar-refractivity contribution in [1.29, 1.82) is 0 Å². The minimum absolute atomic E-state index is 0.625. The second kappa shape index (κ2) is 6.33. The fourth-order valence-electron chi connectivity index (χ4n) is 3.26. The third-order valence-electron chi connectivity index (χ3n) is 4.82. The SMILES string of the molecule is CC1CCC(Nc2cccc(Cn3ccnc3)c2)CC1C. The summed E-state index contributed by atoms with van der Waals surface area (Å²) in [6.45, 7) is 5.65. The number of hydrogen-bond acceptors (Lipinski definition) is 2. The number of anilines is 1. The van der Waals surface area contributed by atoms with Gasteiger partial charge in [0, 0.05) is 30.7 Å². The van der Waals surface area contributed by atoms with Gasteiger partial charge in [0.2, 0.25) is 0 Å². The molecule has 1 aliphatic carbocycles. The molecule has 3 atom stereocenters. The summed E-state index contributed by atoms with van der Waals surface area (Å²) < 4.78 is 2.10. The molecule has 1 fully saturated rings. The van der Waals surface area contributed by atoms with E-state index in [1.54, 1.807) is 0 Å². The lowest BCUT2D eigenvalue weighted by Gasteiger charge is -2.33. The third kappa shape index (κ3) is 3.66. The number of nitrogens with one attached hydrogen (secondary N) is 1. The molecule has 1 aromatic carbocycles. The molecule has 3 nitrogen and oxygen atoms in total. The van der Waals surface area contributed by atoms with Crippen molar-refractivity contribution in [3.63, 3.8) is 0 Å². The number of nitrogens with zero attached hydrogens (tertiary/aromatic N) is 2. The van der Waals surface area contributed by atoms with Gasteiger partial charge in [0.1, 0.15) is 0 Å². The topological polar surface area (TPSA) is 29.9 Å². The van der Waals surface area contributed by atoms with Crippen molar-refractivity contribution in [2.24, 2.45) is 11.8 Å². The van der Waals surface area contributed by atoms with Crippen LogP contribution in [-0.2, 0) is 6.54 Å². The highest BCUT2D eigenvalue weighted by molar-refractivity contribution is 5.46. The van der Waals surface area contributed by atoms with Gasteiger partial charge in [-0.25, -0.2) is 4.98 Å². The number of aromatic nitrogens is 2. The molecule has 0 spiro atoms. The average molecular weight is 283 g/mol. The van der Waals surface area contributed by atoms with Crippen LogP contribution >= 0.6 is 0 Å². The van der Waals surface area contributed by atoms with E-state index >= 15 is 0 Å². The van der Waals surface area contributed by atoms with Crippen molar-refractivity contribution in [2.75, 3.05) is 5.32 Å². The molecule has 0 aliphatic heterocycles. The van der Waals surface area contributed by atoms with Crippen molar-refractivity contribution < 1.29 is 0 Å². The van der Waals surface area contributed by atoms with Crippen molar-refractivity contribution in [3.8, 4) is 0 Å². The van der Waals surface area contributed by atoms with Gasteiger partial charge < -0.3 is 9.88 Å². The Morgan fingerprint density at radius 3 is 2.90 bits per heavy atom. The number of imidazole rings is 1. The molecule has 0 saturated heterocycles. The highest BCUT2D eigenvalue weighted by Crippen LogP contribution is 2.31. The molecule has 3 heteroatoms. The van der Waals surface area contributed by atoms with E-state index in [2.05, 4.69) is 53.0 Å². The first kappa shape index (κ1) is 14.2. The van der Waals surface area contributed by atoms with Gasteiger partial charge in [-0.1, -0.05) is 26.0 Å².